The lowest BCUT2D eigenvalue weighted by Gasteiger charge is -2.19. The fourth-order valence-electron chi connectivity index (χ4n) is 1.75. The molecule has 0 spiro atoms. The molecule has 0 fully saturated rings. The first kappa shape index (κ1) is 14.5. The van der Waals surface area contributed by atoms with E-state index in [9.17, 15) is 4.79 Å². The van der Waals surface area contributed by atoms with Gasteiger partial charge in [-0.15, -0.1) is 0 Å². The number of methoxy groups -OCH3 is 2. The Kier molecular flexibility index (Phi) is 5.65. The van der Waals surface area contributed by atoms with Gasteiger partial charge in [-0.25, -0.2) is 4.79 Å². The van der Waals surface area contributed by atoms with Crippen LogP contribution in [0.25, 0.3) is 0 Å². The van der Waals surface area contributed by atoms with Crippen LogP contribution in [0.2, 0.25) is 0 Å². The SMILES string of the molecule is CCC(COC)Nc1ccc(C)cc1C(=O)OC. The summed E-state index contributed by atoms with van der Waals surface area (Å²) in [5.74, 6) is -0.325. The van der Waals surface area contributed by atoms with Crippen molar-refractivity contribution in [1.29, 1.82) is 0 Å². The predicted molar refractivity (Wildman–Crippen MR) is 72.1 cm³/mol. The molecule has 100 valence electrons. The molecule has 1 aromatic rings. The van der Waals surface area contributed by atoms with E-state index in [1.54, 1.807) is 7.11 Å². The van der Waals surface area contributed by atoms with Gasteiger partial charge in [0.1, 0.15) is 0 Å². The Morgan fingerprint density at radius 2 is 2.11 bits per heavy atom. The van der Waals surface area contributed by atoms with Crippen LogP contribution in [0.15, 0.2) is 18.2 Å². The van der Waals surface area contributed by atoms with Crippen molar-refractivity contribution in [2.24, 2.45) is 0 Å². The van der Waals surface area contributed by atoms with Gasteiger partial charge in [-0.2, -0.15) is 0 Å². The van der Waals surface area contributed by atoms with Gasteiger partial charge in [-0.1, -0.05) is 18.6 Å². The molecule has 1 atom stereocenters. The third kappa shape index (κ3) is 3.74. The van der Waals surface area contributed by atoms with E-state index in [0.29, 0.717) is 12.2 Å². The summed E-state index contributed by atoms with van der Waals surface area (Å²) in [6.45, 7) is 4.62. The van der Waals surface area contributed by atoms with E-state index in [0.717, 1.165) is 17.7 Å². The van der Waals surface area contributed by atoms with Gasteiger partial charge in [0.15, 0.2) is 0 Å². The number of carbonyl (C=O) groups is 1. The summed E-state index contributed by atoms with van der Waals surface area (Å²) < 4.78 is 9.94. The number of carbonyl (C=O) groups excluding carboxylic acids is 1. The molecule has 1 N–H and O–H groups in total. The van der Waals surface area contributed by atoms with Crippen molar-refractivity contribution >= 4 is 11.7 Å². The molecule has 0 radical (unpaired) electrons. The summed E-state index contributed by atoms with van der Waals surface area (Å²) in [7, 11) is 3.06. The second-order valence-corrected chi connectivity index (χ2v) is 4.25. The zero-order valence-corrected chi connectivity index (χ0v) is 11.4. The Balaban J connectivity index is 2.96. The minimum absolute atomic E-state index is 0.182. The van der Waals surface area contributed by atoms with Gasteiger partial charge >= 0.3 is 5.97 Å². The van der Waals surface area contributed by atoms with Crippen LogP contribution in [-0.2, 0) is 9.47 Å². The van der Waals surface area contributed by atoms with Crippen molar-refractivity contribution in [3.63, 3.8) is 0 Å². The van der Waals surface area contributed by atoms with E-state index >= 15 is 0 Å². The molecule has 1 rings (SSSR count). The Bertz CT molecular complexity index is 404. The van der Waals surface area contributed by atoms with Gasteiger partial charge in [-0.3, -0.25) is 0 Å². The Morgan fingerprint density at radius 3 is 2.67 bits per heavy atom. The number of ether oxygens (including phenoxy) is 2. The molecule has 4 heteroatoms. The summed E-state index contributed by atoms with van der Waals surface area (Å²) in [5.41, 5.74) is 2.38. The largest absolute Gasteiger partial charge is 0.465 e. The van der Waals surface area contributed by atoms with E-state index in [4.69, 9.17) is 9.47 Å². The number of anilines is 1. The summed E-state index contributed by atoms with van der Waals surface area (Å²) in [5, 5.41) is 3.31. The highest BCUT2D eigenvalue weighted by Gasteiger charge is 2.14. The average molecular weight is 251 g/mol. The molecular weight excluding hydrogens is 230 g/mol. The Labute approximate surface area is 108 Å². The van der Waals surface area contributed by atoms with Crippen molar-refractivity contribution < 1.29 is 14.3 Å². The molecule has 0 saturated heterocycles. The number of hydrogen-bond donors (Lipinski definition) is 1. The molecule has 0 aliphatic carbocycles. The highest BCUT2D eigenvalue weighted by Crippen LogP contribution is 2.20. The second kappa shape index (κ2) is 7.01. The smallest absolute Gasteiger partial charge is 0.339 e. The van der Waals surface area contributed by atoms with Gasteiger partial charge in [0.05, 0.1) is 19.3 Å². The van der Waals surface area contributed by atoms with Gasteiger partial charge in [0, 0.05) is 18.8 Å². The van der Waals surface area contributed by atoms with Gasteiger partial charge < -0.3 is 14.8 Å². The minimum atomic E-state index is -0.325. The van der Waals surface area contributed by atoms with Crippen LogP contribution in [0.4, 0.5) is 5.69 Å². The number of hydrogen-bond acceptors (Lipinski definition) is 4. The molecule has 0 aliphatic rings. The fraction of sp³-hybridized carbons (Fsp3) is 0.500. The van der Waals surface area contributed by atoms with E-state index in [-0.39, 0.29) is 12.0 Å². The lowest BCUT2D eigenvalue weighted by molar-refractivity contribution is 0.0601. The molecule has 0 saturated carbocycles. The van der Waals surface area contributed by atoms with E-state index < -0.39 is 0 Å². The maximum absolute atomic E-state index is 11.7. The minimum Gasteiger partial charge on any atom is -0.465 e. The lowest BCUT2D eigenvalue weighted by Crippen LogP contribution is -2.25. The molecule has 0 aromatic heterocycles. The predicted octanol–water partition coefficient (Wildman–Crippen LogP) is 2.62. The third-order valence-electron chi connectivity index (χ3n) is 2.80. The van der Waals surface area contributed by atoms with Gasteiger partial charge in [0.25, 0.3) is 0 Å². The first-order valence-corrected chi connectivity index (χ1v) is 6.06. The Morgan fingerprint density at radius 1 is 1.39 bits per heavy atom. The number of esters is 1. The molecule has 1 aromatic carbocycles. The standard InChI is InChI=1S/C14H21NO3/c1-5-11(9-17-3)15-13-7-6-10(2)8-12(13)14(16)18-4/h6-8,11,15H,5,9H2,1-4H3. The fourth-order valence-corrected chi connectivity index (χ4v) is 1.75. The number of aryl methyl sites for hydroxylation is 1. The lowest BCUT2D eigenvalue weighted by atomic mass is 10.1. The van der Waals surface area contributed by atoms with Crippen LogP contribution in [0, 0.1) is 6.92 Å². The van der Waals surface area contributed by atoms with Crippen LogP contribution in [0.5, 0.6) is 0 Å². The number of nitrogens with one attached hydrogen (secondary N) is 1. The molecule has 0 aliphatic heterocycles. The quantitative estimate of drug-likeness (QED) is 0.789. The molecule has 0 bridgehead atoms. The molecule has 1 unspecified atom stereocenters. The molecular formula is C14H21NO3. The van der Waals surface area contributed by atoms with E-state index in [1.807, 2.05) is 25.1 Å². The first-order chi connectivity index (χ1) is 8.62. The molecule has 0 heterocycles. The highest BCUT2D eigenvalue weighted by atomic mass is 16.5. The van der Waals surface area contributed by atoms with E-state index in [1.165, 1.54) is 7.11 Å². The maximum Gasteiger partial charge on any atom is 0.339 e. The summed E-state index contributed by atoms with van der Waals surface area (Å²) in [4.78, 5) is 11.7. The third-order valence-corrected chi connectivity index (χ3v) is 2.80. The van der Waals surface area contributed by atoms with E-state index in [2.05, 4.69) is 12.2 Å². The molecule has 18 heavy (non-hydrogen) atoms. The van der Waals surface area contributed by atoms with Crippen molar-refractivity contribution in [2.75, 3.05) is 26.1 Å². The van der Waals surface area contributed by atoms with Crippen molar-refractivity contribution in [3.05, 3.63) is 29.3 Å². The first-order valence-electron chi connectivity index (χ1n) is 6.06. The molecule has 4 nitrogen and oxygen atoms in total. The van der Waals surface area contributed by atoms with Crippen LogP contribution >= 0.6 is 0 Å². The molecule has 0 amide bonds. The van der Waals surface area contributed by atoms with Crippen molar-refractivity contribution in [1.82, 2.24) is 0 Å². The maximum atomic E-state index is 11.7. The zero-order valence-electron chi connectivity index (χ0n) is 11.4. The average Bonchev–Trinajstić information content (AvgIpc) is 2.39. The van der Waals surface area contributed by atoms with Crippen LogP contribution in [-0.4, -0.2) is 32.8 Å². The second-order valence-electron chi connectivity index (χ2n) is 4.25. The summed E-state index contributed by atoms with van der Waals surface area (Å²) >= 11 is 0. The van der Waals surface area contributed by atoms with Crippen LogP contribution in [0.1, 0.15) is 29.3 Å². The summed E-state index contributed by atoms with van der Waals surface area (Å²) in [6.07, 6.45) is 0.919. The monoisotopic (exact) mass is 251 g/mol. The normalized spacial score (nSPS) is 12.0. The van der Waals surface area contributed by atoms with Crippen LogP contribution in [0.3, 0.4) is 0 Å². The van der Waals surface area contributed by atoms with Gasteiger partial charge in [0.2, 0.25) is 0 Å². The van der Waals surface area contributed by atoms with Crippen molar-refractivity contribution in [2.45, 2.75) is 26.3 Å². The summed E-state index contributed by atoms with van der Waals surface area (Å²) in [6, 6.07) is 5.88. The van der Waals surface area contributed by atoms with Crippen LogP contribution < -0.4 is 5.32 Å². The number of rotatable bonds is 6. The topological polar surface area (TPSA) is 47.6 Å². The van der Waals surface area contributed by atoms with Gasteiger partial charge in [-0.05, 0) is 25.5 Å². The number of benzene rings is 1. The van der Waals surface area contributed by atoms with Crippen molar-refractivity contribution in [3.8, 4) is 0 Å². The highest BCUT2D eigenvalue weighted by molar-refractivity contribution is 5.95. The Hall–Kier alpha value is -1.55. The zero-order chi connectivity index (χ0) is 13.5.